The molecule has 0 amide bonds. The molecule has 1 unspecified atom stereocenters. The van der Waals surface area contributed by atoms with Crippen LogP contribution in [-0.2, 0) is 0 Å². The van der Waals surface area contributed by atoms with Gasteiger partial charge in [0.2, 0.25) is 0 Å². The van der Waals surface area contributed by atoms with Crippen molar-refractivity contribution in [3.05, 3.63) is 40.6 Å². The van der Waals surface area contributed by atoms with Crippen LogP contribution in [0.15, 0.2) is 29.3 Å². The lowest BCUT2D eigenvalue weighted by Gasteiger charge is -2.12. The van der Waals surface area contributed by atoms with E-state index in [0.29, 0.717) is 4.48 Å². The molecule has 0 fully saturated rings. The minimum atomic E-state index is -0.353. The summed E-state index contributed by atoms with van der Waals surface area (Å²) in [5.41, 5.74) is 0.894. The molecule has 0 saturated heterocycles. The van der Waals surface area contributed by atoms with Gasteiger partial charge >= 0.3 is 0 Å². The summed E-state index contributed by atoms with van der Waals surface area (Å²) in [6, 6.07) is 5.08. The Labute approximate surface area is 104 Å². The van der Waals surface area contributed by atoms with Gasteiger partial charge in [0.15, 0.2) is 11.6 Å². The van der Waals surface area contributed by atoms with Gasteiger partial charge in [-0.15, -0.1) is 0 Å². The summed E-state index contributed by atoms with van der Waals surface area (Å²) in [6.45, 7) is 5.85. The van der Waals surface area contributed by atoms with Crippen molar-refractivity contribution in [1.82, 2.24) is 5.32 Å². The topological polar surface area (TPSA) is 21.3 Å². The number of benzene rings is 1. The summed E-state index contributed by atoms with van der Waals surface area (Å²) in [7, 11) is 1.84. The van der Waals surface area contributed by atoms with E-state index in [2.05, 4.69) is 27.8 Å². The average Bonchev–Trinajstić information content (AvgIpc) is 2.26. The van der Waals surface area contributed by atoms with Crippen LogP contribution < -0.4 is 10.1 Å². The third kappa shape index (κ3) is 3.61. The van der Waals surface area contributed by atoms with Crippen molar-refractivity contribution >= 4 is 15.9 Å². The van der Waals surface area contributed by atoms with Crippen molar-refractivity contribution < 1.29 is 9.13 Å². The number of hydrogen-bond donors (Lipinski definition) is 1. The fourth-order valence-electron chi connectivity index (χ4n) is 1.23. The Hall–Kier alpha value is -0.870. The van der Waals surface area contributed by atoms with Crippen LogP contribution >= 0.6 is 15.9 Å². The molecule has 88 valence electrons. The maximum Gasteiger partial charge on any atom is 0.165 e. The van der Waals surface area contributed by atoms with Gasteiger partial charge in [0.25, 0.3) is 0 Å². The second-order valence-electron chi connectivity index (χ2n) is 3.51. The maximum absolute atomic E-state index is 13.6. The number of hydrogen-bond acceptors (Lipinski definition) is 2. The Morgan fingerprint density at radius 2 is 2.31 bits per heavy atom. The van der Waals surface area contributed by atoms with E-state index in [1.165, 1.54) is 6.07 Å². The number of halogens is 2. The van der Waals surface area contributed by atoms with Crippen LogP contribution in [-0.4, -0.2) is 13.7 Å². The first kappa shape index (κ1) is 13.2. The van der Waals surface area contributed by atoms with Crippen LogP contribution in [0.4, 0.5) is 4.39 Å². The molecule has 1 aromatic carbocycles. The molecule has 0 spiro atoms. The van der Waals surface area contributed by atoms with E-state index in [1.54, 1.807) is 6.07 Å². The Bertz CT molecular complexity index is 381. The molecule has 2 nitrogen and oxygen atoms in total. The van der Waals surface area contributed by atoms with Gasteiger partial charge in [0.1, 0.15) is 6.61 Å². The van der Waals surface area contributed by atoms with Gasteiger partial charge in [0, 0.05) is 10.5 Å². The van der Waals surface area contributed by atoms with Gasteiger partial charge in [-0.3, -0.25) is 0 Å². The molecule has 0 aliphatic carbocycles. The van der Waals surface area contributed by atoms with E-state index in [1.807, 2.05) is 20.0 Å². The molecule has 4 heteroatoms. The second-order valence-corrected chi connectivity index (χ2v) is 4.63. The molecule has 1 aromatic rings. The summed E-state index contributed by atoms with van der Waals surface area (Å²) < 4.78 is 19.5. The first-order chi connectivity index (χ1) is 7.54. The zero-order valence-electron chi connectivity index (χ0n) is 9.39. The van der Waals surface area contributed by atoms with Crippen molar-refractivity contribution in [2.45, 2.75) is 13.0 Å². The maximum atomic E-state index is 13.6. The lowest BCUT2D eigenvalue weighted by atomic mass is 10.1. The summed E-state index contributed by atoms with van der Waals surface area (Å²) in [4.78, 5) is 0. The molecule has 1 N–H and O–H groups in total. The van der Waals surface area contributed by atoms with Gasteiger partial charge in [-0.1, -0.05) is 28.6 Å². The smallest absolute Gasteiger partial charge is 0.165 e. The monoisotopic (exact) mass is 287 g/mol. The minimum absolute atomic E-state index is 0.120. The summed E-state index contributed by atoms with van der Waals surface area (Å²) in [6.07, 6.45) is 0. The van der Waals surface area contributed by atoms with Gasteiger partial charge in [-0.2, -0.15) is 0 Å². The normalized spacial score (nSPS) is 12.2. The Kier molecular flexibility index (Phi) is 4.96. The van der Waals surface area contributed by atoms with Gasteiger partial charge in [-0.05, 0) is 31.7 Å². The molecule has 1 atom stereocenters. The average molecular weight is 288 g/mol. The standard InChI is InChI=1S/C12H15BrFNO/c1-8(13)7-16-12-5-4-10(6-11(12)14)9(2)15-3/h4-6,9,15H,1,7H2,2-3H3. The molecular weight excluding hydrogens is 273 g/mol. The van der Waals surface area contributed by atoms with Crippen LogP contribution in [0.1, 0.15) is 18.5 Å². The SMILES string of the molecule is C=C(Br)COc1ccc(C(C)NC)cc1F. The van der Waals surface area contributed by atoms with E-state index < -0.39 is 0 Å². The highest BCUT2D eigenvalue weighted by Gasteiger charge is 2.08. The predicted molar refractivity (Wildman–Crippen MR) is 67.4 cm³/mol. The Morgan fingerprint density at radius 1 is 1.62 bits per heavy atom. The zero-order chi connectivity index (χ0) is 12.1. The molecule has 0 bridgehead atoms. The van der Waals surface area contributed by atoms with E-state index in [0.717, 1.165) is 5.56 Å². The lowest BCUT2D eigenvalue weighted by Crippen LogP contribution is -2.12. The highest BCUT2D eigenvalue weighted by molar-refractivity contribution is 9.11. The van der Waals surface area contributed by atoms with Gasteiger partial charge < -0.3 is 10.1 Å². The Morgan fingerprint density at radius 3 is 2.81 bits per heavy atom. The van der Waals surface area contributed by atoms with Crippen LogP contribution in [0.2, 0.25) is 0 Å². The first-order valence-electron chi connectivity index (χ1n) is 4.97. The molecule has 0 aliphatic rings. The molecule has 1 rings (SSSR count). The number of nitrogens with one attached hydrogen (secondary N) is 1. The van der Waals surface area contributed by atoms with Crippen molar-refractivity contribution in [2.24, 2.45) is 0 Å². The van der Waals surface area contributed by atoms with Crippen LogP contribution in [0.3, 0.4) is 0 Å². The first-order valence-corrected chi connectivity index (χ1v) is 5.76. The molecular formula is C12H15BrFNO. The quantitative estimate of drug-likeness (QED) is 0.896. The molecule has 0 heterocycles. The zero-order valence-corrected chi connectivity index (χ0v) is 11.0. The highest BCUT2D eigenvalue weighted by Crippen LogP contribution is 2.22. The summed E-state index contributed by atoms with van der Waals surface area (Å²) in [5, 5.41) is 3.05. The molecule has 0 aliphatic heterocycles. The van der Waals surface area contributed by atoms with Gasteiger partial charge in [0.05, 0.1) is 0 Å². The third-order valence-corrected chi connectivity index (χ3v) is 2.50. The second kappa shape index (κ2) is 6.01. The van der Waals surface area contributed by atoms with E-state index in [4.69, 9.17) is 4.74 Å². The largest absolute Gasteiger partial charge is 0.485 e. The molecule has 0 aromatic heterocycles. The van der Waals surface area contributed by atoms with E-state index >= 15 is 0 Å². The summed E-state index contributed by atoms with van der Waals surface area (Å²) in [5.74, 6) is -0.110. The predicted octanol–water partition coefficient (Wildman–Crippen LogP) is 3.39. The minimum Gasteiger partial charge on any atom is -0.485 e. The number of rotatable bonds is 5. The van der Waals surface area contributed by atoms with Crippen molar-refractivity contribution in [3.63, 3.8) is 0 Å². The molecule has 16 heavy (non-hydrogen) atoms. The Balaban J connectivity index is 2.79. The molecule has 0 saturated carbocycles. The third-order valence-electron chi connectivity index (χ3n) is 2.27. The fourth-order valence-corrected chi connectivity index (χ4v) is 1.34. The summed E-state index contributed by atoms with van der Waals surface area (Å²) >= 11 is 3.15. The van der Waals surface area contributed by atoms with Crippen LogP contribution in [0.5, 0.6) is 5.75 Å². The van der Waals surface area contributed by atoms with Gasteiger partial charge in [-0.25, -0.2) is 4.39 Å². The highest BCUT2D eigenvalue weighted by atomic mass is 79.9. The lowest BCUT2D eigenvalue weighted by molar-refractivity contribution is 0.339. The van der Waals surface area contributed by atoms with Crippen molar-refractivity contribution in [3.8, 4) is 5.75 Å². The van der Waals surface area contributed by atoms with Crippen molar-refractivity contribution in [1.29, 1.82) is 0 Å². The van der Waals surface area contributed by atoms with E-state index in [9.17, 15) is 4.39 Å². The van der Waals surface area contributed by atoms with Crippen molar-refractivity contribution in [2.75, 3.05) is 13.7 Å². The van der Waals surface area contributed by atoms with E-state index in [-0.39, 0.29) is 24.2 Å². The van der Waals surface area contributed by atoms with Crippen LogP contribution in [0.25, 0.3) is 0 Å². The number of ether oxygens (including phenoxy) is 1. The molecule has 0 radical (unpaired) electrons. The fraction of sp³-hybridized carbons (Fsp3) is 0.333. The van der Waals surface area contributed by atoms with Crippen LogP contribution in [0, 0.1) is 5.82 Å².